The van der Waals surface area contributed by atoms with Gasteiger partial charge in [-0.05, 0) is 81.1 Å². The van der Waals surface area contributed by atoms with E-state index < -0.39 is 11.6 Å². The first-order chi connectivity index (χ1) is 14.4. The fourth-order valence-corrected chi connectivity index (χ4v) is 4.54. The van der Waals surface area contributed by atoms with E-state index in [1.54, 1.807) is 12.3 Å². The molecule has 6 heteroatoms. The number of fused-ring (bicyclic) bond motifs is 1. The number of pyridine rings is 1. The monoisotopic (exact) mass is 426 g/mol. The Hall–Kier alpha value is -2.37. The number of hydrogen-bond acceptors (Lipinski definition) is 4. The SMILES string of the molecule is CN(C)C[C@H]1CC[C@H](Nc2[c]cnc3ccc(-c4cc(F)c(O)c(Cl)c4)cc23)CC1. The van der Waals surface area contributed by atoms with Crippen molar-refractivity contribution in [2.24, 2.45) is 5.92 Å². The van der Waals surface area contributed by atoms with Gasteiger partial charge in [0.05, 0.1) is 16.2 Å². The lowest BCUT2D eigenvalue weighted by molar-refractivity contribution is 0.255. The number of rotatable bonds is 5. The summed E-state index contributed by atoms with van der Waals surface area (Å²) >= 11 is 5.97. The molecule has 1 fully saturated rings. The molecule has 0 atom stereocenters. The van der Waals surface area contributed by atoms with Crippen molar-refractivity contribution in [2.45, 2.75) is 31.7 Å². The number of halogens is 2. The number of nitrogens with zero attached hydrogens (tertiary/aromatic N) is 2. The molecule has 0 bridgehead atoms. The summed E-state index contributed by atoms with van der Waals surface area (Å²) in [6.45, 7) is 1.14. The van der Waals surface area contributed by atoms with Gasteiger partial charge >= 0.3 is 0 Å². The highest BCUT2D eigenvalue weighted by Crippen LogP contribution is 2.35. The van der Waals surface area contributed by atoms with Gasteiger partial charge in [-0.15, -0.1) is 0 Å². The van der Waals surface area contributed by atoms with Crippen molar-refractivity contribution >= 4 is 28.2 Å². The molecule has 4 nitrogen and oxygen atoms in total. The van der Waals surface area contributed by atoms with Crippen LogP contribution in [-0.2, 0) is 0 Å². The lowest BCUT2D eigenvalue weighted by Crippen LogP contribution is -2.31. The van der Waals surface area contributed by atoms with Gasteiger partial charge in [0.1, 0.15) is 0 Å². The number of hydrogen-bond donors (Lipinski definition) is 2. The Labute approximate surface area is 181 Å². The van der Waals surface area contributed by atoms with E-state index in [0.717, 1.165) is 47.5 Å². The molecule has 1 aliphatic carbocycles. The van der Waals surface area contributed by atoms with E-state index in [2.05, 4.69) is 35.4 Å². The van der Waals surface area contributed by atoms with Crippen molar-refractivity contribution in [3.63, 3.8) is 0 Å². The number of benzene rings is 2. The molecule has 1 aromatic heterocycles. The van der Waals surface area contributed by atoms with Crippen molar-refractivity contribution < 1.29 is 9.50 Å². The third-order valence-corrected chi connectivity index (χ3v) is 6.14. The van der Waals surface area contributed by atoms with Crippen molar-refractivity contribution in [1.82, 2.24) is 9.88 Å². The summed E-state index contributed by atoms with van der Waals surface area (Å²) in [5.74, 6) is -0.497. The fourth-order valence-electron chi connectivity index (χ4n) is 4.33. The third-order valence-electron chi connectivity index (χ3n) is 5.85. The van der Waals surface area contributed by atoms with E-state index in [0.29, 0.717) is 11.6 Å². The highest BCUT2D eigenvalue weighted by molar-refractivity contribution is 6.32. The Balaban J connectivity index is 1.58. The fraction of sp³-hybridized carbons (Fsp3) is 0.375. The van der Waals surface area contributed by atoms with Crippen LogP contribution in [0.4, 0.5) is 10.1 Å². The zero-order chi connectivity index (χ0) is 21.3. The molecule has 0 aliphatic heterocycles. The van der Waals surface area contributed by atoms with Crippen molar-refractivity contribution in [1.29, 1.82) is 0 Å². The zero-order valence-electron chi connectivity index (χ0n) is 17.3. The Kier molecular flexibility index (Phi) is 6.11. The molecular formula is C24H26ClFN3O. The summed E-state index contributed by atoms with van der Waals surface area (Å²) in [6.07, 6.45) is 6.40. The lowest BCUT2D eigenvalue weighted by atomic mass is 9.85. The van der Waals surface area contributed by atoms with Crippen LogP contribution in [0.15, 0.2) is 36.5 Å². The van der Waals surface area contributed by atoms with Crippen LogP contribution in [0, 0.1) is 17.8 Å². The molecule has 4 rings (SSSR count). The maximum atomic E-state index is 14.0. The second-order valence-electron chi connectivity index (χ2n) is 8.42. The second kappa shape index (κ2) is 8.78. The minimum absolute atomic E-state index is 0.00400. The molecule has 2 N–H and O–H groups in total. The van der Waals surface area contributed by atoms with Crippen LogP contribution in [0.3, 0.4) is 0 Å². The maximum absolute atomic E-state index is 14.0. The summed E-state index contributed by atoms with van der Waals surface area (Å²) in [4.78, 5) is 6.69. The van der Waals surface area contributed by atoms with E-state index in [1.807, 2.05) is 18.2 Å². The molecule has 0 spiro atoms. The van der Waals surface area contributed by atoms with Gasteiger partial charge in [0, 0.05) is 30.2 Å². The quantitative estimate of drug-likeness (QED) is 0.546. The molecule has 1 radical (unpaired) electrons. The van der Waals surface area contributed by atoms with Crippen LogP contribution < -0.4 is 5.32 Å². The van der Waals surface area contributed by atoms with E-state index in [1.165, 1.54) is 18.9 Å². The number of phenolic OH excluding ortho intramolecular Hbond substituents is 1. The molecule has 2 aromatic carbocycles. The second-order valence-corrected chi connectivity index (χ2v) is 8.83. The summed E-state index contributed by atoms with van der Waals surface area (Å²) in [5.41, 5.74) is 3.19. The smallest absolute Gasteiger partial charge is 0.170 e. The highest BCUT2D eigenvalue weighted by Gasteiger charge is 2.22. The first-order valence-corrected chi connectivity index (χ1v) is 10.7. The van der Waals surface area contributed by atoms with Crippen molar-refractivity contribution in [3.8, 4) is 16.9 Å². The molecule has 1 heterocycles. The minimum Gasteiger partial charge on any atom is -0.504 e. The molecule has 157 valence electrons. The van der Waals surface area contributed by atoms with Crippen LogP contribution >= 0.6 is 11.6 Å². The number of phenols is 1. The van der Waals surface area contributed by atoms with Crippen LogP contribution in [-0.4, -0.2) is 41.7 Å². The summed E-state index contributed by atoms with van der Waals surface area (Å²) in [5, 5.41) is 14.2. The Bertz CT molecular complexity index is 1020. The largest absolute Gasteiger partial charge is 0.504 e. The predicted octanol–water partition coefficient (Wildman–Crippen LogP) is 5.73. The van der Waals surface area contributed by atoms with Crippen LogP contribution in [0.5, 0.6) is 5.75 Å². The van der Waals surface area contributed by atoms with Gasteiger partial charge in [-0.1, -0.05) is 17.7 Å². The number of aromatic hydroxyl groups is 1. The van der Waals surface area contributed by atoms with Crippen LogP contribution in [0.1, 0.15) is 25.7 Å². The lowest BCUT2D eigenvalue weighted by Gasteiger charge is -2.31. The van der Waals surface area contributed by atoms with Crippen molar-refractivity contribution in [2.75, 3.05) is 26.0 Å². The molecule has 1 aliphatic rings. The predicted molar refractivity (Wildman–Crippen MR) is 121 cm³/mol. The Morgan fingerprint density at radius 1 is 1.17 bits per heavy atom. The molecule has 0 amide bonds. The first-order valence-electron chi connectivity index (χ1n) is 10.3. The molecule has 0 saturated heterocycles. The van der Waals surface area contributed by atoms with Gasteiger partial charge in [-0.2, -0.15) is 0 Å². The zero-order valence-corrected chi connectivity index (χ0v) is 18.0. The Morgan fingerprint density at radius 2 is 1.93 bits per heavy atom. The van der Waals surface area contributed by atoms with Gasteiger partial charge in [0.2, 0.25) is 0 Å². The summed E-state index contributed by atoms with van der Waals surface area (Å²) in [6, 6.07) is 12.3. The summed E-state index contributed by atoms with van der Waals surface area (Å²) < 4.78 is 14.0. The molecular weight excluding hydrogens is 401 g/mol. The average Bonchev–Trinajstić information content (AvgIpc) is 2.72. The normalized spacial score (nSPS) is 19.4. The van der Waals surface area contributed by atoms with Gasteiger partial charge in [0.25, 0.3) is 0 Å². The van der Waals surface area contributed by atoms with Gasteiger partial charge in [-0.25, -0.2) is 4.39 Å². The van der Waals surface area contributed by atoms with Gasteiger partial charge in [-0.3, -0.25) is 4.98 Å². The topological polar surface area (TPSA) is 48.4 Å². The number of nitrogens with one attached hydrogen (secondary N) is 1. The molecule has 0 unspecified atom stereocenters. The highest BCUT2D eigenvalue weighted by atomic mass is 35.5. The van der Waals surface area contributed by atoms with Gasteiger partial charge in [0.15, 0.2) is 11.6 Å². The third kappa shape index (κ3) is 4.52. The van der Waals surface area contributed by atoms with E-state index >= 15 is 0 Å². The number of anilines is 1. The van der Waals surface area contributed by atoms with Gasteiger partial charge < -0.3 is 15.3 Å². The average molecular weight is 427 g/mol. The van der Waals surface area contributed by atoms with Crippen molar-refractivity contribution in [3.05, 3.63) is 53.4 Å². The summed E-state index contributed by atoms with van der Waals surface area (Å²) in [7, 11) is 4.26. The van der Waals surface area contributed by atoms with E-state index in [4.69, 9.17) is 11.6 Å². The van der Waals surface area contributed by atoms with E-state index in [9.17, 15) is 9.50 Å². The standard InChI is InChI=1S/C24H26ClFN3O/c1-29(2)14-15-3-6-18(7-4-15)28-23-9-10-27-22-8-5-16(11-19(22)23)17-12-20(25)24(30)21(26)13-17/h5,8,10-13,15,18,30H,3-4,6-7,14H2,1-2H3,(H,27,28)/t15-,18-. The van der Waals surface area contributed by atoms with E-state index in [-0.39, 0.29) is 5.02 Å². The maximum Gasteiger partial charge on any atom is 0.170 e. The first kappa shape index (κ1) is 20.9. The molecule has 3 aromatic rings. The Morgan fingerprint density at radius 3 is 2.63 bits per heavy atom. The van der Waals surface area contributed by atoms with Crippen LogP contribution in [0.2, 0.25) is 5.02 Å². The molecule has 1 saturated carbocycles. The minimum atomic E-state index is -0.733. The molecule has 30 heavy (non-hydrogen) atoms. The van der Waals surface area contributed by atoms with Crippen LogP contribution in [0.25, 0.3) is 22.0 Å². The number of aromatic nitrogens is 1.